The third kappa shape index (κ3) is 2.81. The molecular formula is C19H15FN2O4. The predicted octanol–water partition coefficient (Wildman–Crippen LogP) is 3.16. The number of oxazole rings is 1. The Morgan fingerprint density at radius 3 is 2.77 bits per heavy atom. The van der Waals surface area contributed by atoms with E-state index in [1.807, 2.05) is 0 Å². The fourth-order valence-corrected chi connectivity index (χ4v) is 3.08. The number of ether oxygens (including phenoxy) is 1. The van der Waals surface area contributed by atoms with Crippen LogP contribution < -0.4 is 4.90 Å². The number of hydrogen-bond acceptors (Lipinski definition) is 5. The summed E-state index contributed by atoms with van der Waals surface area (Å²) in [5.41, 5.74) is 2.44. The van der Waals surface area contributed by atoms with Crippen LogP contribution in [0.1, 0.15) is 6.42 Å². The molecule has 132 valence electrons. The molecule has 26 heavy (non-hydrogen) atoms. The molecule has 0 saturated carbocycles. The quantitative estimate of drug-likeness (QED) is 0.676. The molecule has 1 atom stereocenters. The molecule has 0 aliphatic carbocycles. The second kappa shape index (κ2) is 6.25. The van der Waals surface area contributed by atoms with Gasteiger partial charge in [0.25, 0.3) is 0 Å². The first-order valence-electron chi connectivity index (χ1n) is 8.10. The van der Waals surface area contributed by atoms with Crippen LogP contribution in [-0.2, 0) is 14.3 Å². The third-order valence-electron chi connectivity index (χ3n) is 4.43. The molecule has 3 aromatic rings. The molecule has 4 rings (SSSR count). The van der Waals surface area contributed by atoms with Gasteiger partial charge < -0.3 is 14.1 Å². The van der Waals surface area contributed by atoms with Gasteiger partial charge in [0.2, 0.25) is 11.8 Å². The van der Waals surface area contributed by atoms with Gasteiger partial charge in [-0.2, -0.15) is 0 Å². The summed E-state index contributed by atoms with van der Waals surface area (Å²) in [6, 6.07) is 11.1. The van der Waals surface area contributed by atoms with Gasteiger partial charge in [0.15, 0.2) is 5.58 Å². The molecular weight excluding hydrogens is 339 g/mol. The number of halogens is 1. The second-order valence-corrected chi connectivity index (χ2v) is 6.11. The summed E-state index contributed by atoms with van der Waals surface area (Å²) < 4.78 is 23.5. The molecule has 1 aliphatic heterocycles. The maximum absolute atomic E-state index is 13.1. The molecule has 2 aromatic carbocycles. The maximum atomic E-state index is 13.1. The fourth-order valence-electron chi connectivity index (χ4n) is 3.08. The number of methoxy groups -OCH3 is 1. The van der Waals surface area contributed by atoms with Crippen molar-refractivity contribution >= 4 is 28.7 Å². The third-order valence-corrected chi connectivity index (χ3v) is 4.43. The Morgan fingerprint density at radius 2 is 2.04 bits per heavy atom. The molecule has 0 unspecified atom stereocenters. The number of anilines is 1. The normalized spacial score (nSPS) is 17.1. The number of nitrogens with zero attached hydrogens (tertiary/aromatic N) is 2. The van der Waals surface area contributed by atoms with E-state index in [4.69, 9.17) is 9.15 Å². The number of benzene rings is 2. The summed E-state index contributed by atoms with van der Waals surface area (Å²) in [6.45, 7) is 0.277. The highest BCUT2D eigenvalue weighted by atomic mass is 19.1. The van der Waals surface area contributed by atoms with Crippen LogP contribution in [0.5, 0.6) is 0 Å². The standard InChI is InChI=1S/C19H15FN2O4/c1-25-19(24)12-8-17(23)22(10-12)14-6-7-16-15(9-14)21-18(26-16)11-2-4-13(20)5-3-11/h2-7,9,12H,8,10H2,1H3/t12-/m0/s1. The van der Waals surface area contributed by atoms with Crippen molar-refractivity contribution in [2.45, 2.75) is 6.42 Å². The van der Waals surface area contributed by atoms with E-state index in [1.165, 1.54) is 19.2 Å². The van der Waals surface area contributed by atoms with E-state index in [1.54, 1.807) is 35.2 Å². The van der Waals surface area contributed by atoms with E-state index in [-0.39, 0.29) is 30.7 Å². The lowest BCUT2D eigenvalue weighted by molar-refractivity contribution is -0.145. The molecule has 7 heteroatoms. The number of carbonyl (C=O) groups is 2. The summed E-state index contributed by atoms with van der Waals surface area (Å²) in [5.74, 6) is -0.948. The Morgan fingerprint density at radius 1 is 1.27 bits per heavy atom. The van der Waals surface area contributed by atoms with Gasteiger partial charge >= 0.3 is 5.97 Å². The molecule has 2 heterocycles. The van der Waals surface area contributed by atoms with Crippen molar-refractivity contribution in [2.75, 3.05) is 18.6 Å². The number of aromatic nitrogens is 1. The molecule has 0 N–H and O–H groups in total. The number of rotatable bonds is 3. The van der Waals surface area contributed by atoms with E-state index in [2.05, 4.69) is 4.98 Å². The molecule has 1 aliphatic rings. The molecule has 0 radical (unpaired) electrons. The first-order valence-corrected chi connectivity index (χ1v) is 8.10. The van der Waals surface area contributed by atoms with Crippen molar-refractivity contribution in [3.8, 4) is 11.5 Å². The maximum Gasteiger partial charge on any atom is 0.311 e. The van der Waals surface area contributed by atoms with Gasteiger partial charge in [-0.15, -0.1) is 0 Å². The van der Waals surface area contributed by atoms with Gasteiger partial charge in [0.1, 0.15) is 11.3 Å². The second-order valence-electron chi connectivity index (χ2n) is 6.11. The molecule has 1 aromatic heterocycles. The molecule has 0 spiro atoms. The monoisotopic (exact) mass is 354 g/mol. The van der Waals surface area contributed by atoms with Crippen LogP contribution in [-0.4, -0.2) is 30.5 Å². The lowest BCUT2D eigenvalue weighted by Crippen LogP contribution is -2.26. The van der Waals surface area contributed by atoms with E-state index in [9.17, 15) is 14.0 Å². The van der Waals surface area contributed by atoms with Crippen molar-refractivity contribution in [1.82, 2.24) is 4.98 Å². The van der Waals surface area contributed by atoms with Crippen molar-refractivity contribution in [2.24, 2.45) is 5.92 Å². The molecule has 1 fully saturated rings. The topological polar surface area (TPSA) is 72.6 Å². The van der Waals surface area contributed by atoms with E-state index in [0.29, 0.717) is 28.2 Å². The largest absolute Gasteiger partial charge is 0.469 e. The summed E-state index contributed by atoms with van der Waals surface area (Å²) in [5, 5.41) is 0. The Kier molecular flexibility index (Phi) is 3.91. The number of carbonyl (C=O) groups excluding carboxylic acids is 2. The zero-order valence-corrected chi connectivity index (χ0v) is 13.9. The predicted molar refractivity (Wildman–Crippen MR) is 91.9 cm³/mol. The average Bonchev–Trinajstić information content (AvgIpc) is 3.24. The Bertz CT molecular complexity index is 996. The fraction of sp³-hybridized carbons (Fsp3) is 0.211. The van der Waals surface area contributed by atoms with E-state index >= 15 is 0 Å². The van der Waals surface area contributed by atoms with Crippen LogP contribution in [0, 0.1) is 11.7 Å². The smallest absolute Gasteiger partial charge is 0.311 e. The van der Waals surface area contributed by atoms with E-state index < -0.39 is 5.92 Å². The summed E-state index contributed by atoms with van der Waals surface area (Å²) in [7, 11) is 1.31. The summed E-state index contributed by atoms with van der Waals surface area (Å²) in [6.07, 6.45) is 0.129. The first-order chi connectivity index (χ1) is 12.5. The van der Waals surface area contributed by atoms with Crippen LogP contribution in [0.2, 0.25) is 0 Å². The minimum absolute atomic E-state index is 0.129. The summed E-state index contributed by atoms with van der Waals surface area (Å²) >= 11 is 0. The molecule has 1 saturated heterocycles. The van der Waals surface area contributed by atoms with Gasteiger partial charge in [-0.1, -0.05) is 0 Å². The zero-order chi connectivity index (χ0) is 18.3. The van der Waals surface area contributed by atoms with Crippen LogP contribution in [0.25, 0.3) is 22.6 Å². The lowest BCUT2D eigenvalue weighted by Gasteiger charge is -2.16. The highest BCUT2D eigenvalue weighted by molar-refractivity contribution is 6.00. The van der Waals surface area contributed by atoms with E-state index in [0.717, 1.165) is 0 Å². The number of hydrogen-bond donors (Lipinski definition) is 0. The van der Waals surface area contributed by atoms with Crippen molar-refractivity contribution in [3.63, 3.8) is 0 Å². The minimum atomic E-state index is -0.463. The lowest BCUT2D eigenvalue weighted by atomic mass is 10.1. The van der Waals surface area contributed by atoms with Gasteiger partial charge in [-0.25, -0.2) is 9.37 Å². The van der Waals surface area contributed by atoms with Crippen LogP contribution in [0.4, 0.5) is 10.1 Å². The average molecular weight is 354 g/mol. The number of fused-ring (bicyclic) bond motifs is 1. The van der Waals surface area contributed by atoms with Crippen molar-refractivity contribution in [1.29, 1.82) is 0 Å². The molecule has 6 nitrogen and oxygen atoms in total. The Balaban J connectivity index is 1.65. The summed E-state index contributed by atoms with van der Waals surface area (Å²) in [4.78, 5) is 29.9. The van der Waals surface area contributed by atoms with Gasteiger partial charge in [-0.05, 0) is 42.5 Å². The zero-order valence-electron chi connectivity index (χ0n) is 13.9. The first kappa shape index (κ1) is 16.3. The molecule has 1 amide bonds. The Hall–Kier alpha value is -3.22. The van der Waals surface area contributed by atoms with Crippen molar-refractivity contribution in [3.05, 3.63) is 48.3 Å². The van der Waals surface area contributed by atoms with Gasteiger partial charge in [0.05, 0.1) is 13.0 Å². The Labute approximate surface area is 148 Å². The van der Waals surface area contributed by atoms with Gasteiger partial charge in [0, 0.05) is 24.2 Å². The SMILES string of the molecule is COC(=O)[C@H]1CC(=O)N(c2ccc3oc(-c4ccc(F)cc4)nc3c2)C1. The molecule has 0 bridgehead atoms. The van der Waals surface area contributed by atoms with Crippen LogP contribution in [0.15, 0.2) is 46.9 Å². The highest BCUT2D eigenvalue weighted by Gasteiger charge is 2.36. The van der Waals surface area contributed by atoms with Crippen LogP contribution in [0.3, 0.4) is 0 Å². The minimum Gasteiger partial charge on any atom is -0.469 e. The number of amides is 1. The highest BCUT2D eigenvalue weighted by Crippen LogP contribution is 2.30. The number of esters is 1. The van der Waals surface area contributed by atoms with Crippen LogP contribution >= 0.6 is 0 Å². The van der Waals surface area contributed by atoms with Gasteiger partial charge in [-0.3, -0.25) is 9.59 Å². The van der Waals surface area contributed by atoms with Crippen molar-refractivity contribution < 1.29 is 23.1 Å².